The molecule has 0 saturated carbocycles. The van der Waals surface area contributed by atoms with Crippen molar-refractivity contribution in [3.63, 3.8) is 0 Å². The van der Waals surface area contributed by atoms with Crippen LogP contribution in [0.3, 0.4) is 0 Å². The van der Waals surface area contributed by atoms with Crippen LogP contribution in [0.15, 0.2) is 77.1 Å². The van der Waals surface area contributed by atoms with Gasteiger partial charge in [-0.25, -0.2) is 4.68 Å². The van der Waals surface area contributed by atoms with E-state index in [1.165, 1.54) is 0 Å². The van der Waals surface area contributed by atoms with Gasteiger partial charge in [-0.2, -0.15) is 10.2 Å². The number of hydrogen-bond donors (Lipinski definition) is 1. The third kappa shape index (κ3) is 2.42. The Bertz CT molecular complexity index is 717. The molecule has 5 heteroatoms. The van der Waals surface area contributed by atoms with Gasteiger partial charge in [0.2, 0.25) is 0 Å². The molecule has 0 atom stereocenters. The van der Waals surface area contributed by atoms with Crippen molar-refractivity contribution in [3.8, 4) is 5.69 Å². The summed E-state index contributed by atoms with van der Waals surface area (Å²) in [5.41, 5.74) is 8.27. The number of aromatic nitrogens is 2. The van der Waals surface area contributed by atoms with E-state index in [0.29, 0.717) is 11.5 Å². The van der Waals surface area contributed by atoms with E-state index < -0.39 is 0 Å². The summed E-state index contributed by atoms with van der Waals surface area (Å²) in [5, 5.41) is 12.5. The summed E-state index contributed by atoms with van der Waals surface area (Å²) in [5.74, 6) is 0.468. The highest BCUT2D eigenvalue weighted by Crippen LogP contribution is 2.26. The van der Waals surface area contributed by atoms with Crippen LogP contribution >= 0.6 is 0 Å². The number of nitrogen functional groups attached to an aromatic ring is 1. The molecule has 0 aliphatic carbocycles. The number of hydrogen-bond acceptors (Lipinski definition) is 4. The molecule has 0 unspecified atom stereocenters. The van der Waals surface area contributed by atoms with E-state index in [4.69, 9.17) is 5.73 Å². The average molecular weight is 263 g/mol. The van der Waals surface area contributed by atoms with Crippen molar-refractivity contribution >= 4 is 17.2 Å². The fraction of sp³-hybridized carbons (Fsp3) is 0. The summed E-state index contributed by atoms with van der Waals surface area (Å²) < 4.78 is 1.64. The van der Waals surface area contributed by atoms with Crippen molar-refractivity contribution in [1.82, 2.24) is 9.78 Å². The molecule has 0 bridgehead atoms. The van der Waals surface area contributed by atoms with Crippen molar-refractivity contribution < 1.29 is 0 Å². The molecular formula is C15H13N5. The van der Waals surface area contributed by atoms with E-state index in [2.05, 4.69) is 15.3 Å². The topological polar surface area (TPSA) is 68.6 Å². The zero-order valence-electron chi connectivity index (χ0n) is 10.7. The molecule has 1 heterocycles. The Labute approximate surface area is 116 Å². The van der Waals surface area contributed by atoms with Gasteiger partial charge in [-0.3, -0.25) is 0 Å². The molecule has 3 aromatic rings. The van der Waals surface area contributed by atoms with Gasteiger partial charge in [0.05, 0.1) is 17.6 Å². The zero-order chi connectivity index (χ0) is 13.8. The van der Waals surface area contributed by atoms with Crippen LogP contribution in [-0.4, -0.2) is 9.78 Å². The first-order valence-electron chi connectivity index (χ1n) is 6.20. The Kier molecular flexibility index (Phi) is 3.24. The Morgan fingerprint density at radius 1 is 0.850 bits per heavy atom. The molecule has 0 amide bonds. The van der Waals surface area contributed by atoms with Crippen molar-refractivity contribution in [1.29, 1.82) is 0 Å². The average Bonchev–Trinajstić information content (AvgIpc) is 2.88. The molecule has 5 nitrogen and oxygen atoms in total. The van der Waals surface area contributed by atoms with Crippen LogP contribution in [0.1, 0.15) is 0 Å². The monoisotopic (exact) mass is 263 g/mol. The quantitative estimate of drug-likeness (QED) is 0.729. The third-order valence-electron chi connectivity index (χ3n) is 2.82. The van der Waals surface area contributed by atoms with Crippen LogP contribution in [0, 0.1) is 0 Å². The molecule has 0 saturated heterocycles. The van der Waals surface area contributed by atoms with E-state index in [1.807, 2.05) is 60.7 Å². The van der Waals surface area contributed by atoms with Gasteiger partial charge < -0.3 is 5.73 Å². The molecule has 2 aromatic carbocycles. The highest BCUT2D eigenvalue weighted by atomic mass is 15.3. The number of nitrogens with two attached hydrogens (primary N) is 1. The number of anilines is 1. The number of rotatable bonds is 3. The molecule has 2 N–H and O–H groups in total. The lowest BCUT2D eigenvalue weighted by Crippen LogP contribution is -2.00. The predicted molar refractivity (Wildman–Crippen MR) is 78.6 cm³/mol. The molecule has 98 valence electrons. The lowest BCUT2D eigenvalue weighted by molar-refractivity contribution is 0.891. The second kappa shape index (κ2) is 5.36. The number of azo groups is 1. The van der Waals surface area contributed by atoms with Gasteiger partial charge in [0.1, 0.15) is 5.69 Å². The largest absolute Gasteiger partial charge is 0.382 e. The summed E-state index contributed by atoms with van der Waals surface area (Å²) in [7, 11) is 0. The molecule has 0 aliphatic heterocycles. The van der Waals surface area contributed by atoms with Crippen molar-refractivity contribution in [2.45, 2.75) is 0 Å². The Morgan fingerprint density at radius 2 is 1.50 bits per heavy atom. The summed E-state index contributed by atoms with van der Waals surface area (Å²) in [6.45, 7) is 0. The number of nitrogens with zero attached hydrogens (tertiary/aromatic N) is 4. The maximum absolute atomic E-state index is 6.05. The molecular weight excluding hydrogens is 250 g/mol. The normalized spacial score (nSPS) is 11.0. The molecule has 0 radical (unpaired) electrons. The van der Waals surface area contributed by atoms with E-state index in [9.17, 15) is 0 Å². The van der Waals surface area contributed by atoms with Gasteiger partial charge in [-0.05, 0) is 24.3 Å². The fourth-order valence-corrected chi connectivity index (χ4v) is 1.81. The van der Waals surface area contributed by atoms with Crippen LogP contribution in [-0.2, 0) is 0 Å². The van der Waals surface area contributed by atoms with E-state index >= 15 is 0 Å². The highest BCUT2D eigenvalue weighted by molar-refractivity contribution is 5.60. The lowest BCUT2D eigenvalue weighted by Gasteiger charge is -2.02. The highest BCUT2D eigenvalue weighted by Gasteiger charge is 2.07. The molecule has 3 rings (SSSR count). The van der Waals surface area contributed by atoms with Crippen molar-refractivity contribution in [2.24, 2.45) is 10.2 Å². The van der Waals surface area contributed by atoms with E-state index in [0.717, 1.165) is 11.4 Å². The molecule has 0 spiro atoms. The van der Waals surface area contributed by atoms with Gasteiger partial charge in [0.25, 0.3) is 0 Å². The molecule has 0 fully saturated rings. The van der Waals surface area contributed by atoms with Gasteiger partial charge in [0, 0.05) is 0 Å². The second-order valence-corrected chi connectivity index (χ2v) is 4.20. The van der Waals surface area contributed by atoms with Gasteiger partial charge in [-0.15, -0.1) is 5.11 Å². The number of para-hydroxylation sites is 1. The van der Waals surface area contributed by atoms with Crippen LogP contribution in [0.25, 0.3) is 5.69 Å². The smallest absolute Gasteiger partial charge is 0.155 e. The van der Waals surface area contributed by atoms with Crippen molar-refractivity contribution in [2.75, 3.05) is 5.73 Å². The second-order valence-electron chi connectivity index (χ2n) is 4.20. The zero-order valence-corrected chi connectivity index (χ0v) is 10.7. The van der Waals surface area contributed by atoms with Crippen LogP contribution in [0.5, 0.6) is 0 Å². The minimum atomic E-state index is 0.468. The van der Waals surface area contributed by atoms with Crippen LogP contribution < -0.4 is 5.73 Å². The first-order valence-corrected chi connectivity index (χ1v) is 6.20. The van der Waals surface area contributed by atoms with E-state index in [-0.39, 0.29) is 0 Å². The minimum absolute atomic E-state index is 0.468. The Hall–Kier alpha value is -2.95. The summed E-state index contributed by atoms with van der Waals surface area (Å²) >= 11 is 0. The standard InChI is InChI=1S/C15H13N5/c16-15-14(19-18-12-7-3-1-4-8-12)11-17-20(15)13-9-5-2-6-10-13/h1-11H,16H2. The van der Waals surface area contributed by atoms with Crippen molar-refractivity contribution in [3.05, 3.63) is 66.9 Å². The maximum atomic E-state index is 6.05. The third-order valence-corrected chi connectivity index (χ3v) is 2.82. The summed E-state index contributed by atoms with van der Waals surface area (Å²) in [6, 6.07) is 19.2. The predicted octanol–water partition coefficient (Wildman–Crippen LogP) is 3.87. The summed E-state index contributed by atoms with van der Waals surface area (Å²) in [6.07, 6.45) is 1.61. The SMILES string of the molecule is Nc1c(N=Nc2ccccc2)cnn1-c1ccccc1. The fourth-order valence-electron chi connectivity index (χ4n) is 1.81. The number of benzene rings is 2. The molecule has 20 heavy (non-hydrogen) atoms. The Balaban J connectivity index is 1.90. The van der Waals surface area contributed by atoms with Crippen LogP contribution in [0.2, 0.25) is 0 Å². The minimum Gasteiger partial charge on any atom is -0.382 e. The first kappa shape index (κ1) is 12.1. The van der Waals surface area contributed by atoms with Gasteiger partial charge in [-0.1, -0.05) is 36.4 Å². The summed E-state index contributed by atoms with van der Waals surface area (Å²) in [4.78, 5) is 0. The lowest BCUT2D eigenvalue weighted by atomic mass is 10.3. The maximum Gasteiger partial charge on any atom is 0.155 e. The van der Waals surface area contributed by atoms with Gasteiger partial charge in [0.15, 0.2) is 5.82 Å². The van der Waals surface area contributed by atoms with Gasteiger partial charge >= 0.3 is 0 Å². The first-order chi connectivity index (χ1) is 9.84. The van der Waals surface area contributed by atoms with E-state index in [1.54, 1.807) is 10.9 Å². The molecule has 0 aliphatic rings. The Morgan fingerprint density at radius 3 is 2.20 bits per heavy atom. The molecule has 1 aromatic heterocycles. The van der Waals surface area contributed by atoms with Crippen LogP contribution in [0.4, 0.5) is 17.2 Å².